The highest BCUT2D eigenvalue weighted by Gasteiger charge is 2.42. The maximum atomic E-state index is 12.6. The van der Waals surface area contributed by atoms with Crippen LogP contribution in [-0.2, 0) is 9.59 Å². The van der Waals surface area contributed by atoms with Crippen LogP contribution >= 0.6 is 11.8 Å². The summed E-state index contributed by atoms with van der Waals surface area (Å²) in [4.78, 5) is 36.7. The number of carboxylic acids is 1. The summed E-state index contributed by atoms with van der Waals surface area (Å²) in [6.45, 7) is 0.767. The van der Waals surface area contributed by atoms with E-state index in [1.54, 1.807) is 0 Å². The van der Waals surface area contributed by atoms with Gasteiger partial charge in [-0.25, -0.2) is 4.79 Å². The van der Waals surface area contributed by atoms with E-state index in [4.69, 9.17) is 5.11 Å². The summed E-state index contributed by atoms with van der Waals surface area (Å²) in [7, 11) is 0. The predicted octanol–water partition coefficient (Wildman–Crippen LogP) is 1.96. The first-order valence-electron chi connectivity index (χ1n) is 9.74. The minimum atomic E-state index is -0.788. The largest absolute Gasteiger partial charge is 0.481 e. The van der Waals surface area contributed by atoms with Crippen molar-refractivity contribution in [3.05, 3.63) is 0 Å². The first-order valence-corrected chi connectivity index (χ1v) is 10.8. The molecule has 3 saturated heterocycles. The molecule has 3 fully saturated rings. The molecule has 3 rings (SSSR count). The summed E-state index contributed by atoms with van der Waals surface area (Å²) in [6, 6.07) is 0.518. The number of carbonyl (C=O) groups excluding carboxylic acids is 2. The Morgan fingerprint density at radius 3 is 2.81 bits per heavy atom. The van der Waals surface area contributed by atoms with Crippen LogP contribution in [0.1, 0.15) is 57.8 Å². The number of thioether (sulfide) groups is 1. The van der Waals surface area contributed by atoms with Crippen LogP contribution in [-0.4, -0.2) is 63.6 Å². The van der Waals surface area contributed by atoms with Gasteiger partial charge < -0.3 is 20.6 Å². The molecule has 0 bridgehead atoms. The SMILES string of the molecule is O=C(O)CCC1CCCCN1C(=O)CCCC[C@@H]1SC[C@@H]2NC(=O)N[C@@H]21. The van der Waals surface area contributed by atoms with Crippen LogP contribution in [0, 0.1) is 0 Å². The van der Waals surface area contributed by atoms with E-state index >= 15 is 0 Å². The van der Waals surface area contributed by atoms with Gasteiger partial charge in [-0.1, -0.05) is 6.42 Å². The van der Waals surface area contributed by atoms with Gasteiger partial charge in [0.2, 0.25) is 5.91 Å². The summed E-state index contributed by atoms with van der Waals surface area (Å²) in [5.41, 5.74) is 0. The third kappa shape index (κ3) is 4.84. The molecular weight excluding hydrogens is 354 g/mol. The molecule has 0 saturated carbocycles. The number of piperidine rings is 1. The highest BCUT2D eigenvalue weighted by Crippen LogP contribution is 2.33. The van der Waals surface area contributed by atoms with Gasteiger partial charge in [-0.15, -0.1) is 0 Å². The number of amides is 3. The summed E-state index contributed by atoms with van der Waals surface area (Å²) in [5.74, 6) is 0.350. The van der Waals surface area contributed by atoms with Crippen LogP contribution in [0.2, 0.25) is 0 Å². The Labute approximate surface area is 158 Å². The lowest BCUT2D eigenvalue weighted by atomic mass is 9.97. The molecule has 0 aromatic carbocycles. The van der Waals surface area contributed by atoms with Crippen molar-refractivity contribution in [3.63, 3.8) is 0 Å². The lowest BCUT2D eigenvalue weighted by Gasteiger charge is -2.36. The number of carboxylic acid groups (broad SMARTS) is 1. The molecular formula is C18H29N3O4S. The van der Waals surface area contributed by atoms with E-state index < -0.39 is 5.97 Å². The van der Waals surface area contributed by atoms with Gasteiger partial charge >= 0.3 is 12.0 Å². The predicted molar refractivity (Wildman–Crippen MR) is 100 cm³/mol. The lowest BCUT2D eigenvalue weighted by Crippen LogP contribution is -2.43. The second kappa shape index (κ2) is 8.97. The molecule has 146 valence electrons. The molecule has 3 N–H and O–H groups in total. The number of nitrogens with zero attached hydrogens (tertiary/aromatic N) is 1. The Kier molecular flexibility index (Phi) is 6.67. The van der Waals surface area contributed by atoms with E-state index in [9.17, 15) is 14.4 Å². The number of hydrogen-bond donors (Lipinski definition) is 3. The number of urea groups is 1. The summed E-state index contributed by atoms with van der Waals surface area (Å²) in [6.07, 6.45) is 7.12. The molecule has 3 heterocycles. The Hall–Kier alpha value is -1.44. The zero-order valence-corrected chi connectivity index (χ0v) is 15.9. The first kappa shape index (κ1) is 19.3. The van der Waals surface area contributed by atoms with E-state index in [1.165, 1.54) is 0 Å². The van der Waals surface area contributed by atoms with Crippen molar-refractivity contribution in [1.82, 2.24) is 15.5 Å². The van der Waals surface area contributed by atoms with Crippen molar-refractivity contribution >= 4 is 29.7 Å². The summed E-state index contributed by atoms with van der Waals surface area (Å²) in [5, 5.41) is 15.3. The summed E-state index contributed by atoms with van der Waals surface area (Å²) < 4.78 is 0. The van der Waals surface area contributed by atoms with Gasteiger partial charge in [0.05, 0.1) is 12.1 Å². The highest BCUT2D eigenvalue weighted by molar-refractivity contribution is 8.00. The van der Waals surface area contributed by atoms with E-state index in [0.29, 0.717) is 18.1 Å². The lowest BCUT2D eigenvalue weighted by molar-refractivity contribution is -0.140. The third-order valence-corrected chi connectivity index (χ3v) is 7.21. The zero-order chi connectivity index (χ0) is 18.5. The van der Waals surface area contributed by atoms with Gasteiger partial charge in [0, 0.05) is 36.4 Å². The second-order valence-electron chi connectivity index (χ2n) is 7.54. The Morgan fingerprint density at radius 1 is 1.15 bits per heavy atom. The Morgan fingerprint density at radius 2 is 2.00 bits per heavy atom. The number of fused-ring (bicyclic) bond motifs is 1. The molecule has 8 heteroatoms. The maximum Gasteiger partial charge on any atom is 0.315 e. The molecule has 0 radical (unpaired) electrons. The van der Waals surface area contributed by atoms with Crippen LogP contribution < -0.4 is 10.6 Å². The first-order chi connectivity index (χ1) is 12.5. The fourth-order valence-electron chi connectivity index (χ4n) is 4.33. The number of unbranched alkanes of at least 4 members (excludes halogenated alkanes) is 1. The van der Waals surface area contributed by atoms with Crippen molar-refractivity contribution in [2.45, 2.75) is 81.2 Å². The summed E-state index contributed by atoms with van der Waals surface area (Å²) >= 11 is 1.90. The van der Waals surface area contributed by atoms with Gasteiger partial charge in [-0.05, 0) is 38.5 Å². The molecule has 3 amide bonds. The van der Waals surface area contributed by atoms with Crippen molar-refractivity contribution in [3.8, 4) is 0 Å². The van der Waals surface area contributed by atoms with Crippen molar-refractivity contribution < 1.29 is 19.5 Å². The molecule has 4 atom stereocenters. The quantitative estimate of drug-likeness (QED) is 0.440. The molecule has 0 aliphatic carbocycles. The number of nitrogens with one attached hydrogen (secondary N) is 2. The number of likely N-dealkylation sites (tertiary alicyclic amines) is 1. The molecule has 7 nitrogen and oxygen atoms in total. The molecule has 3 aliphatic rings. The van der Waals surface area contributed by atoms with Gasteiger partial charge in [0.25, 0.3) is 0 Å². The number of hydrogen-bond acceptors (Lipinski definition) is 4. The second-order valence-corrected chi connectivity index (χ2v) is 8.81. The standard InChI is InChI=1S/C18H29N3O4S/c22-15(21-10-4-3-5-12(21)8-9-16(23)24)7-2-1-6-14-17-13(11-26-14)19-18(25)20-17/h12-14,17H,1-11H2,(H,23,24)(H2,19,20,25)/t12?,13-,14-,17-/m0/s1. The molecule has 26 heavy (non-hydrogen) atoms. The number of rotatable bonds is 8. The molecule has 0 aromatic rings. The zero-order valence-electron chi connectivity index (χ0n) is 15.1. The van der Waals surface area contributed by atoms with Crippen LogP contribution in [0.5, 0.6) is 0 Å². The van der Waals surface area contributed by atoms with E-state index in [0.717, 1.165) is 50.8 Å². The average molecular weight is 384 g/mol. The minimum Gasteiger partial charge on any atom is -0.481 e. The number of aliphatic carboxylic acids is 1. The monoisotopic (exact) mass is 383 g/mol. The van der Waals surface area contributed by atoms with Crippen molar-refractivity contribution in [2.75, 3.05) is 12.3 Å². The van der Waals surface area contributed by atoms with E-state index in [-0.39, 0.29) is 36.5 Å². The smallest absolute Gasteiger partial charge is 0.315 e. The van der Waals surface area contributed by atoms with Gasteiger partial charge in [0.1, 0.15) is 0 Å². The van der Waals surface area contributed by atoms with Crippen LogP contribution in [0.4, 0.5) is 4.79 Å². The van der Waals surface area contributed by atoms with Crippen molar-refractivity contribution in [1.29, 1.82) is 0 Å². The molecule has 0 aromatic heterocycles. The molecule has 3 aliphatic heterocycles. The third-order valence-electron chi connectivity index (χ3n) is 5.71. The fraction of sp³-hybridized carbons (Fsp3) is 0.833. The fourth-order valence-corrected chi connectivity index (χ4v) is 5.87. The minimum absolute atomic E-state index is 0.0574. The van der Waals surface area contributed by atoms with Gasteiger partial charge in [-0.2, -0.15) is 11.8 Å². The number of carbonyl (C=O) groups is 3. The topological polar surface area (TPSA) is 98.7 Å². The van der Waals surface area contributed by atoms with Crippen LogP contribution in [0.15, 0.2) is 0 Å². The van der Waals surface area contributed by atoms with E-state index in [2.05, 4.69) is 10.6 Å². The van der Waals surface area contributed by atoms with Gasteiger partial charge in [0.15, 0.2) is 0 Å². The van der Waals surface area contributed by atoms with Gasteiger partial charge in [-0.3, -0.25) is 9.59 Å². The van der Waals surface area contributed by atoms with Crippen LogP contribution in [0.25, 0.3) is 0 Å². The average Bonchev–Trinajstić information content (AvgIpc) is 3.16. The van der Waals surface area contributed by atoms with Crippen molar-refractivity contribution in [2.24, 2.45) is 0 Å². The van der Waals surface area contributed by atoms with Crippen LogP contribution in [0.3, 0.4) is 0 Å². The maximum absolute atomic E-state index is 12.6. The van der Waals surface area contributed by atoms with E-state index in [1.807, 2.05) is 16.7 Å². The molecule has 0 spiro atoms. The Bertz CT molecular complexity index is 545. The Balaban J connectivity index is 1.37. The normalized spacial score (nSPS) is 30.6. The highest BCUT2D eigenvalue weighted by atomic mass is 32.2. The molecule has 1 unspecified atom stereocenters.